The Bertz CT molecular complexity index is 2620. The van der Waals surface area contributed by atoms with Crippen LogP contribution in [0.4, 0.5) is 0 Å². The van der Waals surface area contributed by atoms with Gasteiger partial charge >= 0.3 is 0 Å². The number of pyridine rings is 1. The Morgan fingerprint density at radius 3 is 2.14 bits per heavy atom. The van der Waals surface area contributed by atoms with Crippen LogP contribution in [0.1, 0.15) is 0 Å². The van der Waals surface area contributed by atoms with Gasteiger partial charge in [0.05, 0.1) is 11.0 Å². The first-order valence-corrected chi connectivity index (χ1v) is 14.8. The van der Waals surface area contributed by atoms with Gasteiger partial charge in [-0.25, -0.2) is 0 Å². The van der Waals surface area contributed by atoms with Gasteiger partial charge < -0.3 is 4.57 Å². The zero-order chi connectivity index (χ0) is 28.1. The second kappa shape index (κ2) is 8.40. The lowest BCUT2D eigenvalue weighted by Crippen LogP contribution is -1.96. The molecule has 0 aliphatic heterocycles. The molecule has 1 aliphatic carbocycles. The van der Waals surface area contributed by atoms with Crippen molar-refractivity contribution in [3.63, 3.8) is 0 Å². The maximum atomic E-state index is 4.51. The molecule has 0 bridgehead atoms. The number of rotatable bonds is 2. The van der Waals surface area contributed by atoms with Gasteiger partial charge in [0.15, 0.2) is 0 Å². The summed E-state index contributed by atoms with van der Waals surface area (Å²) < 4.78 is 2.43. The molecule has 1 aliphatic rings. The summed E-state index contributed by atoms with van der Waals surface area (Å²) in [6.45, 7) is 0. The fourth-order valence-corrected chi connectivity index (χ4v) is 7.61. The van der Waals surface area contributed by atoms with Crippen LogP contribution in [0.3, 0.4) is 0 Å². The summed E-state index contributed by atoms with van der Waals surface area (Å²) in [6, 6.07) is 49.1. The summed E-state index contributed by atoms with van der Waals surface area (Å²) in [6.07, 6.45) is 3.90. The predicted molar refractivity (Wildman–Crippen MR) is 181 cm³/mol. The van der Waals surface area contributed by atoms with Crippen molar-refractivity contribution in [2.75, 3.05) is 0 Å². The van der Waals surface area contributed by atoms with E-state index in [1.807, 2.05) is 12.4 Å². The SMILES string of the molecule is c1cc(-c2c3c(cc4ccccc24)-c2cccc4cccc-3c24)cc(-n2c3ccncc3c3ccc4ccccc4c32)c1. The van der Waals surface area contributed by atoms with Crippen LogP contribution in [-0.2, 0) is 0 Å². The zero-order valence-corrected chi connectivity index (χ0v) is 23.3. The van der Waals surface area contributed by atoms with Gasteiger partial charge in [0, 0.05) is 34.2 Å². The second-order valence-electron chi connectivity index (χ2n) is 11.6. The summed E-state index contributed by atoms with van der Waals surface area (Å²) in [5, 5.41) is 10.1. The molecule has 9 aromatic rings. The lowest BCUT2D eigenvalue weighted by Gasteiger charge is -2.17. The van der Waals surface area contributed by atoms with E-state index in [1.165, 1.54) is 87.5 Å². The molecule has 43 heavy (non-hydrogen) atoms. The maximum Gasteiger partial charge on any atom is 0.0620 e. The minimum absolute atomic E-state index is 1.15. The van der Waals surface area contributed by atoms with Crippen LogP contribution in [0.25, 0.3) is 93.2 Å². The summed E-state index contributed by atoms with van der Waals surface area (Å²) in [4.78, 5) is 4.51. The van der Waals surface area contributed by atoms with Crippen molar-refractivity contribution in [1.29, 1.82) is 0 Å². The van der Waals surface area contributed by atoms with Gasteiger partial charge in [0.2, 0.25) is 0 Å². The Hall–Kier alpha value is -5.73. The molecule has 0 saturated heterocycles. The third kappa shape index (κ3) is 3.05. The summed E-state index contributed by atoms with van der Waals surface area (Å²) in [5.74, 6) is 0. The summed E-state index contributed by atoms with van der Waals surface area (Å²) >= 11 is 0. The van der Waals surface area contributed by atoms with Crippen LogP contribution in [0.5, 0.6) is 0 Å². The van der Waals surface area contributed by atoms with Gasteiger partial charge in [-0.05, 0) is 84.6 Å². The van der Waals surface area contributed by atoms with Gasteiger partial charge in [0.1, 0.15) is 0 Å². The van der Waals surface area contributed by atoms with E-state index in [4.69, 9.17) is 0 Å². The van der Waals surface area contributed by atoms with E-state index < -0.39 is 0 Å². The molecule has 0 saturated carbocycles. The Labute approximate surface area is 248 Å². The average molecular weight is 545 g/mol. The normalized spacial score (nSPS) is 12.2. The molecule has 0 atom stereocenters. The first-order chi connectivity index (χ1) is 21.3. The molecule has 0 unspecified atom stereocenters. The van der Waals surface area contributed by atoms with Crippen molar-refractivity contribution in [1.82, 2.24) is 9.55 Å². The fraction of sp³-hybridized carbons (Fsp3) is 0. The first-order valence-electron chi connectivity index (χ1n) is 14.8. The van der Waals surface area contributed by atoms with Crippen LogP contribution in [0.15, 0.2) is 146 Å². The molecular formula is C41H24N2. The summed E-state index contributed by atoms with van der Waals surface area (Å²) in [5.41, 5.74) is 11.4. The number of nitrogens with zero attached hydrogens (tertiary/aromatic N) is 2. The van der Waals surface area contributed by atoms with E-state index in [0.717, 1.165) is 5.69 Å². The highest BCUT2D eigenvalue weighted by Crippen LogP contribution is 2.53. The van der Waals surface area contributed by atoms with Crippen LogP contribution in [0.2, 0.25) is 0 Å². The van der Waals surface area contributed by atoms with E-state index in [-0.39, 0.29) is 0 Å². The van der Waals surface area contributed by atoms with Crippen LogP contribution in [-0.4, -0.2) is 9.55 Å². The molecule has 0 radical (unpaired) electrons. The minimum atomic E-state index is 1.15. The molecule has 2 nitrogen and oxygen atoms in total. The van der Waals surface area contributed by atoms with E-state index >= 15 is 0 Å². The van der Waals surface area contributed by atoms with Crippen LogP contribution < -0.4 is 0 Å². The van der Waals surface area contributed by atoms with Gasteiger partial charge in [-0.15, -0.1) is 0 Å². The lowest BCUT2D eigenvalue weighted by atomic mass is 9.88. The largest absolute Gasteiger partial charge is 0.308 e. The molecule has 7 aromatic carbocycles. The lowest BCUT2D eigenvalue weighted by molar-refractivity contribution is 1.18. The molecule has 2 heteroatoms. The molecule has 2 heterocycles. The topological polar surface area (TPSA) is 17.8 Å². The van der Waals surface area contributed by atoms with Gasteiger partial charge in [-0.3, -0.25) is 4.98 Å². The third-order valence-electron chi connectivity index (χ3n) is 9.36. The van der Waals surface area contributed by atoms with Crippen molar-refractivity contribution in [2.24, 2.45) is 0 Å². The third-order valence-corrected chi connectivity index (χ3v) is 9.36. The number of fused-ring (bicyclic) bond motifs is 9. The number of hydrogen-bond donors (Lipinski definition) is 0. The Balaban J connectivity index is 1.32. The Morgan fingerprint density at radius 2 is 1.23 bits per heavy atom. The zero-order valence-electron chi connectivity index (χ0n) is 23.3. The molecule has 198 valence electrons. The molecular weight excluding hydrogens is 520 g/mol. The Kier molecular flexibility index (Phi) is 4.48. The van der Waals surface area contributed by atoms with Crippen molar-refractivity contribution in [2.45, 2.75) is 0 Å². The maximum absolute atomic E-state index is 4.51. The van der Waals surface area contributed by atoms with E-state index in [2.05, 4.69) is 143 Å². The quantitative estimate of drug-likeness (QED) is 0.212. The smallest absolute Gasteiger partial charge is 0.0620 e. The van der Waals surface area contributed by atoms with Gasteiger partial charge in [-0.2, -0.15) is 0 Å². The predicted octanol–water partition coefficient (Wildman–Crippen LogP) is 11.0. The molecule has 2 aromatic heterocycles. The summed E-state index contributed by atoms with van der Waals surface area (Å²) in [7, 11) is 0. The molecule has 0 N–H and O–H groups in total. The highest BCUT2D eigenvalue weighted by atomic mass is 15.0. The average Bonchev–Trinajstić information content (AvgIpc) is 3.58. The van der Waals surface area contributed by atoms with Gasteiger partial charge in [0.25, 0.3) is 0 Å². The highest BCUT2D eigenvalue weighted by molar-refractivity contribution is 6.23. The van der Waals surface area contributed by atoms with Crippen LogP contribution >= 0.6 is 0 Å². The highest BCUT2D eigenvalue weighted by Gasteiger charge is 2.26. The van der Waals surface area contributed by atoms with Crippen molar-refractivity contribution in [3.05, 3.63) is 146 Å². The Morgan fingerprint density at radius 1 is 0.465 bits per heavy atom. The van der Waals surface area contributed by atoms with E-state index in [9.17, 15) is 0 Å². The molecule has 10 rings (SSSR count). The monoisotopic (exact) mass is 544 g/mol. The molecule has 0 spiro atoms. The number of benzene rings is 7. The van der Waals surface area contributed by atoms with Crippen molar-refractivity contribution < 1.29 is 0 Å². The standard InChI is InChI=1S/C41H24N2/c1-4-15-31-25(8-1)18-19-33-36-24-42-21-20-37(36)43(41(31)33)29-13-5-12-28(22-29)39-30-14-3-2-9-27(30)23-35-32-16-6-10-26-11-7-17-34(38(26)32)40(35)39/h1-24H. The fourth-order valence-electron chi connectivity index (χ4n) is 7.61. The van der Waals surface area contributed by atoms with E-state index in [0.29, 0.717) is 0 Å². The minimum Gasteiger partial charge on any atom is -0.308 e. The molecule has 0 fully saturated rings. The second-order valence-corrected chi connectivity index (χ2v) is 11.6. The van der Waals surface area contributed by atoms with Crippen LogP contribution in [0, 0.1) is 0 Å². The number of aromatic nitrogens is 2. The van der Waals surface area contributed by atoms with Crippen molar-refractivity contribution in [3.8, 4) is 39.1 Å². The van der Waals surface area contributed by atoms with Crippen molar-refractivity contribution >= 4 is 54.1 Å². The van der Waals surface area contributed by atoms with Gasteiger partial charge in [-0.1, -0.05) is 109 Å². The van der Waals surface area contributed by atoms with E-state index in [1.54, 1.807) is 0 Å². The first kappa shape index (κ1) is 22.9. The number of hydrogen-bond acceptors (Lipinski definition) is 1. The molecule has 0 amide bonds.